The van der Waals surface area contributed by atoms with E-state index in [1.165, 1.54) is 0 Å². The summed E-state index contributed by atoms with van der Waals surface area (Å²) in [7, 11) is -3.06. The van der Waals surface area contributed by atoms with Crippen molar-refractivity contribution in [2.75, 3.05) is 12.0 Å². The molecular weight excluding hydrogens is 280 g/mol. The summed E-state index contributed by atoms with van der Waals surface area (Å²) in [5.74, 6) is 0.541. The highest BCUT2D eigenvalue weighted by Crippen LogP contribution is 2.18. The third kappa shape index (κ3) is 3.84. The molecule has 0 saturated heterocycles. The van der Waals surface area contributed by atoms with E-state index in [9.17, 15) is 8.42 Å². The van der Waals surface area contributed by atoms with Crippen molar-refractivity contribution >= 4 is 9.84 Å². The van der Waals surface area contributed by atoms with Gasteiger partial charge >= 0.3 is 0 Å². The number of nitrogens with two attached hydrogens (primary N) is 1. The van der Waals surface area contributed by atoms with Crippen molar-refractivity contribution in [2.45, 2.75) is 19.4 Å². The maximum absolute atomic E-state index is 11.1. The predicted molar refractivity (Wildman–Crippen MR) is 73.5 cm³/mol. The zero-order chi connectivity index (χ0) is 14.8. The smallest absolute Gasteiger partial charge is 0.243 e. The Balaban J connectivity index is 2.12. The van der Waals surface area contributed by atoms with Gasteiger partial charge in [0.25, 0.3) is 0 Å². The number of hydrogen-bond donors (Lipinski definition) is 1. The number of nitrogens with zero attached hydrogens (tertiary/aromatic N) is 3. The highest BCUT2D eigenvalue weighted by atomic mass is 32.2. The largest absolute Gasteiger partial charge is 0.337 e. The Kier molecular flexibility index (Phi) is 4.15. The van der Waals surface area contributed by atoms with Gasteiger partial charge in [-0.05, 0) is 25.5 Å². The lowest BCUT2D eigenvalue weighted by atomic mass is 10.2. The standard InChI is InChI=1S/C12H16N4O3S/c1-8-4-3-5-10(14-8)11-15-12(19-16-11)9(13)6-7-20(2,17)18/h3-5,9H,6-7,13H2,1-2H3. The SMILES string of the molecule is Cc1cccc(-c2noc(C(N)CCS(C)(=O)=O)n2)n1. The normalized spacial score (nSPS) is 13.3. The van der Waals surface area contributed by atoms with Crippen LogP contribution in [0, 0.1) is 6.92 Å². The summed E-state index contributed by atoms with van der Waals surface area (Å²) in [6.07, 6.45) is 1.40. The zero-order valence-electron chi connectivity index (χ0n) is 11.3. The van der Waals surface area contributed by atoms with E-state index in [1.807, 2.05) is 19.1 Å². The quantitative estimate of drug-likeness (QED) is 0.871. The first-order valence-electron chi connectivity index (χ1n) is 6.06. The molecule has 1 unspecified atom stereocenters. The number of sulfone groups is 1. The molecular formula is C12H16N4O3S. The van der Waals surface area contributed by atoms with Crippen LogP contribution in [0.2, 0.25) is 0 Å². The molecule has 0 fully saturated rings. The van der Waals surface area contributed by atoms with Gasteiger partial charge in [-0.3, -0.25) is 0 Å². The second kappa shape index (κ2) is 5.68. The van der Waals surface area contributed by atoms with E-state index in [1.54, 1.807) is 6.07 Å². The molecule has 8 heteroatoms. The second-order valence-electron chi connectivity index (χ2n) is 4.65. The van der Waals surface area contributed by atoms with Gasteiger partial charge in [0.1, 0.15) is 15.5 Å². The van der Waals surface area contributed by atoms with Gasteiger partial charge in [0.05, 0.1) is 11.8 Å². The van der Waals surface area contributed by atoms with Gasteiger partial charge in [0.2, 0.25) is 11.7 Å². The lowest BCUT2D eigenvalue weighted by Crippen LogP contribution is -2.16. The van der Waals surface area contributed by atoms with Crippen LogP contribution in [0.15, 0.2) is 22.7 Å². The zero-order valence-corrected chi connectivity index (χ0v) is 12.1. The van der Waals surface area contributed by atoms with E-state index >= 15 is 0 Å². The van der Waals surface area contributed by atoms with Crippen LogP contribution in [-0.4, -0.2) is 35.6 Å². The van der Waals surface area contributed by atoms with E-state index in [-0.39, 0.29) is 18.1 Å². The lowest BCUT2D eigenvalue weighted by Gasteiger charge is -2.04. The highest BCUT2D eigenvalue weighted by molar-refractivity contribution is 7.90. The highest BCUT2D eigenvalue weighted by Gasteiger charge is 2.18. The van der Waals surface area contributed by atoms with Crippen molar-refractivity contribution in [3.05, 3.63) is 29.8 Å². The first-order valence-corrected chi connectivity index (χ1v) is 8.12. The molecule has 2 N–H and O–H groups in total. The molecule has 0 radical (unpaired) electrons. The Hall–Kier alpha value is -1.80. The van der Waals surface area contributed by atoms with Crippen LogP contribution in [0.4, 0.5) is 0 Å². The molecule has 0 spiro atoms. The van der Waals surface area contributed by atoms with Crippen molar-refractivity contribution in [3.8, 4) is 11.5 Å². The molecule has 0 aliphatic heterocycles. The second-order valence-corrected chi connectivity index (χ2v) is 6.91. The van der Waals surface area contributed by atoms with Crippen LogP contribution in [0.5, 0.6) is 0 Å². The molecule has 2 aromatic heterocycles. The summed E-state index contributed by atoms with van der Waals surface area (Å²) in [6.45, 7) is 1.86. The Morgan fingerprint density at radius 2 is 2.10 bits per heavy atom. The van der Waals surface area contributed by atoms with Gasteiger partial charge in [-0.15, -0.1) is 0 Å². The summed E-state index contributed by atoms with van der Waals surface area (Å²) in [6, 6.07) is 4.87. The molecule has 0 saturated carbocycles. The predicted octanol–water partition coefficient (Wildman–Crippen LogP) is 0.875. The molecule has 0 aliphatic carbocycles. The van der Waals surface area contributed by atoms with Crippen LogP contribution >= 0.6 is 0 Å². The third-order valence-electron chi connectivity index (χ3n) is 2.68. The van der Waals surface area contributed by atoms with Crippen LogP contribution in [0.1, 0.15) is 24.0 Å². The topological polar surface area (TPSA) is 112 Å². The molecule has 1 atom stereocenters. The summed E-state index contributed by atoms with van der Waals surface area (Å²) in [5.41, 5.74) is 7.28. The van der Waals surface area contributed by atoms with Gasteiger partial charge in [0, 0.05) is 11.9 Å². The monoisotopic (exact) mass is 296 g/mol. The molecule has 20 heavy (non-hydrogen) atoms. The Labute approximate surface area is 117 Å². The summed E-state index contributed by atoms with van der Waals surface area (Å²) in [5, 5.41) is 3.81. The summed E-state index contributed by atoms with van der Waals surface area (Å²) >= 11 is 0. The molecule has 2 heterocycles. The Morgan fingerprint density at radius 3 is 2.75 bits per heavy atom. The maximum atomic E-state index is 11.1. The van der Waals surface area contributed by atoms with E-state index in [4.69, 9.17) is 10.3 Å². The van der Waals surface area contributed by atoms with Crippen LogP contribution < -0.4 is 5.73 Å². The lowest BCUT2D eigenvalue weighted by molar-refractivity contribution is 0.352. The minimum Gasteiger partial charge on any atom is -0.337 e. The number of rotatable bonds is 5. The van der Waals surface area contributed by atoms with Crippen LogP contribution in [0.3, 0.4) is 0 Å². The van der Waals surface area contributed by atoms with Crippen molar-refractivity contribution < 1.29 is 12.9 Å². The number of aromatic nitrogens is 3. The average Bonchev–Trinajstić information content (AvgIpc) is 2.84. The number of aryl methyl sites for hydroxylation is 1. The molecule has 0 bridgehead atoms. The molecule has 108 valence electrons. The van der Waals surface area contributed by atoms with Crippen molar-refractivity contribution in [2.24, 2.45) is 5.73 Å². The molecule has 0 amide bonds. The van der Waals surface area contributed by atoms with Crippen LogP contribution in [-0.2, 0) is 9.84 Å². The maximum Gasteiger partial charge on any atom is 0.243 e. The fourth-order valence-corrected chi connectivity index (χ4v) is 2.30. The molecule has 0 aliphatic rings. The first kappa shape index (κ1) is 14.6. The van der Waals surface area contributed by atoms with Crippen molar-refractivity contribution in [1.29, 1.82) is 0 Å². The minimum absolute atomic E-state index is 0.0193. The van der Waals surface area contributed by atoms with Gasteiger partial charge in [0.15, 0.2) is 0 Å². The Morgan fingerprint density at radius 1 is 1.35 bits per heavy atom. The molecule has 2 rings (SSSR count). The van der Waals surface area contributed by atoms with Gasteiger partial charge < -0.3 is 10.3 Å². The van der Waals surface area contributed by atoms with E-state index < -0.39 is 15.9 Å². The number of hydrogen-bond acceptors (Lipinski definition) is 7. The average molecular weight is 296 g/mol. The minimum atomic E-state index is -3.06. The fraction of sp³-hybridized carbons (Fsp3) is 0.417. The molecule has 7 nitrogen and oxygen atoms in total. The van der Waals surface area contributed by atoms with Gasteiger partial charge in [-0.1, -0.05) is 11.2 Å². The van der Waals surface area contributed by atoms with Crippen LogP contribution in [0.25, 0.3) is 11.5 Å². The van der Waals surface area contributed by atoms with Gasteiger partial charge in [-0.2, -0.15) is 4.98 Å². The number of pyridine rings is 1. The van der Waals surface area contributed by atoms with Gasteiger partial charge in [-0.25, -0.2) is 13.4 Å². The summed E-state index contributed by atoms with van der Waals surface area (Å²) in [4.78, 5) is 8.44. The fourth-order valence-electron chi connectivity index (χ4n) is 1.62. The Bertz CT molecular complexity index is 696. The van der Waals surface area contributed by atoms with Crippen molar-refractivity contribution in [3.63, 3.8) is 0 Å². The third-order valence-corrected chi connectivity index (χ3v) is 3.65. The van der Waals surface area contributed by atoms with E-state index in [2.05, 4.69) is 15.1 Å². The first-order chi connectivity index (χ1) is 9.35. The van der Waals surface area contributed by atoms with E-state index in [0.29, 0.717) is 11.5 Å². The summed E-state index contributed by atoms with van der Waals surface area (Å²) < 4.78 is 27.3. The molecule has 2 aromatic rings. The van der Waals surface area contributed by atoms with E-state index in [0.717, 1.165) is 11.9 Å². The van der Waals surface area contributed by atoms with Crippen molar-refractivity contribution in [1.82, 2.24) is 15.1 Å². The molecule has 0 aromatic carbocycles.